The van der Waals surface area contributed by atoms with Gasteiger partial charge in [-0.05, 0) is 25.5 Å². The van der Waals surface area contributed by atoms with Crippen molar-refractivity contribution in [3.05, 3.63) is 35.6 Å². The van der Waals surface area contributed by atoms with Gasteiger partial charge in [0.1, 0.15) is 5.82 Å². The van der Waals surface area contributed by atoms with Crippen LogP contribution in [0.3, 0.4) is 0 Å². The van der Waals surface area contributed by atoms with E-state index in [1.165, 1.54) is 25.3 Å². The van der Waals surface area contributed by atoms with Crippen LogP contribution in [0.15, 0.2) is 24.3 Å². The van der Waals surface area contributed by atoms with Crippen LogP contribution in [0.25, 0.3) is 0 Å². The summed E-state index contributed by atoms with van der Waals surface area (Å²) in [5.41, 5.74) is 0.659. The second-order valence-electron chi connectivity index (χ2n) is 5.15. The monoisotopic (exact) mass is 281 g/mol. The zero-order valence-electron chi connectivity index (χ0n) is 12.8. The number of halogens is 1. The highest BCUT2D eigenvalue weighted by atomic mass is 19.1. The van der Waals surface area contributed by atoms with Gasteiger partial charge in [-0.1, -0.05) is 51.3 Å². The van der Waals surface area contributed by atoms with E-state index in [-0.39, 0.29) is 11.9 Å². The first kappa shape index (κ1) is 17.1. The van der Waals surface area contributed by atoms with Crippen LogP contribution in [0.1, 0.15) is 57.6 Å². The molecule has 20 heavy (non-hydrogen) atoms. The molecule has 1 aromatic rings. The Kier molecular flexibility index (Phi) is 9.25. The molecule has 0 bridgehead atoms. The third-order valence-corrected chi connectivity index (χ3v) is 3.33. The molecule has 1 N–H and O–H groups in total. The first-order valence-electron chi connectivity index (χ1n) is 7.86. The zero-order chi connectivity index (χ0) is 14.6. The first-order valence-corrected chi connectivity index (χ1v) is 7.86. The molecule has 0 heterocycles. The van der Waals surface area contributed by atoms with Gasteiger partial charge in [0.05, 0.1) is 6.10 Å². The van der Waals surface area contributed by atoms with E-state index in [4.69, 9.17) is 4.74 Å². The van der Waals surface area contributed by atoms with E-state index in [1.54, 1.807) is 6.07 Å². The van der Waals surface area contributed by atoms with Crippen molar-refractivity contribution in [2.75, 3.05) is 19.7 Å². The van der Waals surface area contributed by atoms with Gasteiger partial charge in [-0.15, -0.1) is 0 Å². The second kappa shape index (κ2) is 10.8. The molecule has 1 unspecified atom stereocenters. The molecule has 1 aromatic carbocycles. The molecule has 1 atom stereocenters. The lowest BCUT2D eigenvalue weighted by molar-refractivity contribution is 0.0476. The first-order chi connectivity index (χ1) is 9.79. The van der Waals surface area contributed by atoms with Crippen molar-refractivity contribution in [1.82, 2.24) is 5.32 Å². The Morgan fingerprint density at radius 2 is 1.90 bits per heavy atom. The van der Waals surface area contributed by atoms with Crippen LogP contribution in [-0.2, 0) is 4.74 Å². The number of benzene rings is 1. The quantitative estimate of drug-likeness (QED) is 0.604. The minimum atomic E-state index is -0.190. The molecule has 0 amide bonds. The van der Waals surface area contributed by atoms with Gasteiger partial charge >= 0.3 is 0 Å². The zero-order valence-corrected chi connectivity index (χ0v) is 12.8. The van der Waals surface area contributed by atoms with E-state index < -0.39 is 0 Å². The van der Waals surface area contributed by atoms with Crippen LogP contribution in [0.2, 0.25) is 0 Å². The molecule has 0 aliphatic rings. The van der Waals surface area contributed by atoms with Crippen LogP contribution in [0, 0.1) is 5.82 Å². The van der Waals surface area contributed by atoms with Crippen LogP contribution in [0.5, 0.6) is 0 Å². The average molecular weight is 281 g/mol. The van der Waals surface area contributed by atoms with Crippen molar-refractivity contribution in [1.29, 1.82) is 0 Å². The van der Waals surface area contributed by atoms with E-state index in [0.717, 1.165) is 19.4 Å². The van der Waals surface area contributed by atoms with E-state index in [2.05, 4.69) is 19.2 Å². The van der Waals surface area contributed by atoms with Crippen LogP contribution in [-0.4, -0.2) is 19.7 Å². The lowest BCUT2D eigenvalue weighted by atomic mass is 10.1. The molecule has 1 rings (SSSR count). The number of hydrogen-bond acceptors (Lipinski definition) is 2. The largest absolute Gasteiger partial charge is 0.372 e. The van der Waals surface area contributed by atoms with Crippen molar-refractivity contribution >= 4 is 0 Å². The fourth-order valence-corrected chi connectivity index (χ4v) is 2.16. The topological polar surface area (TPSA) is 21.3 Å². The molecule has 0 radical (unpaired) electrons. The van der Waals surface area contributed by atoms with Crippen molar-refractivity contribution in [3.8, 4) is 0 Å². The average Bonchev–Trinajstić information content (AvgIpc) is 2.46. The Hall–Kier alpha value is -0.930. The molecule has 0 saturated carbocycles. The smallest absolute Gasteiger partial charge is 0.129 e. The summed E-state index contributed by atoms with van der Waals surface area (Å²) in [5.74, 6) is -0.177. The van der Waals surface area contributed by atoms with Gasteiger partial charge < -0.3 is 10.1 Å². The maximum Gasteiger partial charge on any atom is 0.129 e. The second-order valence-corrected chi connectivity index (χ2v) is 5.15. The van der Waals surface area contributed by atoms with Crippen molar-refractivity contribution in [2.24, 2.45) is 0 Å². The van der Waals surface area contributed by atoms with Gasteiger partial charge in [0, 0.05) is 18.7 Å². The standard InChI is InChI=1S/C17H28FNO/c1-3-5-6-9-13-20-17(14-19-12-4-2)15-10-7-8-11-16(15)18/h7-8,10-11,17,19H,3-6,9,12-14H2,1-2H3. The van der Waals surface area contributed by atoms with Crippen molar-refractivity contribution in [2.45, 2.75) is 52.1 Å². The van der Waals surface area contributed by atoms with Gasteiger partial charge in [0.2, 0.25) is 0 Å². The highest BCUT2D eigenvalue weighted by molar-refractivity contribution is 5.20. The predicted octanol–water partition coefficient (Wildman–Crippen LogP) is 4.46. The predicted molar refractivity (Wildman–Crippen MR) is 82.4 cm³/mol. The van der Waals surface area contributed by atoms with Crippen LogP contribution in [0.4, 0.5) is 4.39 Å². The van der Waals surface area contributed by atoms with Gasteiger partial charge in [-0.25, -0.2) is 4.39 Å². The molecule has 0 spiro atoms. The number of rotatable bonds is 11. The Balaban J connectivity index is 2.49. The van der Waals surface area contributed by atoms with Gasteiger partial charge in [0.15, 0.2) is 0 Å². The number of unbranched alkanes of at least 4 members (excludes halogenated alkanes) is 3. The third-order valence-electron chi connectivity index (χ3n) is 3.33. The minimum Gasteiger partial charge on any atom is -0.372 e. The molecule has 0 aliphatic heterocycles. The molecule has 0 aliphatic carbocycles. The summed E-state index contributed by atoms with van der Waals surface area (Å²) in [6, 6.07) is 6.91. The number of nitrogens with one attached hydrogen (secondary N) is 1. The Labute approximate surface area is 122 Å². The van der Waals surface area contributed by atoms with E-state index in [1.807, 2.05) is 12.1 Å². The fourth-order valence-electron chi connectivity index (χ4n) is 2.16. The van der Waals surface area contributed by atoms with Crippen molar-refractivity contribution in [3.63, 3.8) is 0 Å². The fraction of sp³-hybridized carbons (Fsp3) is 0.647. The summed E-state index contributed by atoms with van der Waals surface area (Å²) in [4.78, 5) is 0. The summed E-state index contributed by atoms with van der Waals surface area (Å²) in [7, 11) is 0. The van der Waals surface area contributed by atoms with Crippen LogP contribution < -0.4 is 5.32 Å². The van der Waals surface area contributed by atoms with Crippen LogP contribution >= 0.6 is 0 Å². The molecule has 114 valence electrons. The highest BCUT2D eigenvalue weighted by Gasteiger charge is 2.15. The number of ether oxygens (including phenoxy) is 1. The summed E-state index contributed by atoms with van der Waals surface area (Å²) < 4.78 is 19.8. The molecule has 0 saturated heterocycles. The minimum absolute atomic E-state index is 0.177. The summed E-state index contributed by atoms with van der Waals surface area (Å²) >= 11 is 0. The SMILES string of the molecule is CCCCCCOC(CNCCC)c1ccccc1F. The van der Waals surface area contributed by atoms with Gasteiger partial charge in [-0.3, -0.25) is 0 Å². The molecule has 3 heteroatoms. The Morgan fingerprint density at radius 3 is 2.60 bits per heavy atom. The number of hydrogen-bond donors (Lipinski definition) is 1. The lowest BCUT2D eigenvalue weighted by Crippen LogP contribution is -2.25. The highest BCUT2D eigenvalue weighted by Crippen LogP contribution is 2.20. The molecule has 0 fully saturated rings. The van der Waals surface area contributed by atoms with E-state index >= 15 is 0 Å². The van der Waals surface area contributed by atoms with E-state index in [9.17, 15) is 4.39 Å². The normalized spacial score (nSPS) is 12.6. The Morgan fingerprint density at radius 1 is 1.10 bits per heavy atom. The van der Waals surface area contributed by atoms with E-state index in [0.29, 0.717) is 18.7 Å². The lowest BCUT2D eigenvalue weighted by Gasteiger charge is -2.19. The molecular weight excluding hydrogens is 253 g/mol. The summed E-state index contributed by atoms with van der Waals surface area (Å²) in [6.07, 6.45) is 5.57. The third kappa shape index (κ3) is 6.49. The maximum absolute atomic E-state index is 13.9. The molecule has 2 nitrogen and oxygen atoms in total. The molecule has 0 aromatic heterocycles. The van der Waals surface area contributed by atoms with Gasteiger partial charge in [-0.2, -0.15) is 0 Å². The Bertz CT molecular complexity index is 357. The maximum atomic E-state index is 13.9. The summed E-state index contributed by atoms with van der Waals surface area (Å²) in [6.45, 7) is 6.62. The van der Waals surface area contributed by atoms with Crippen molar-refractivity contribution < 1.29 is 9.13 Å². The molecular formula is C17H28FNO. The summed E-state index contributed by atoms with van der Waals surface area (Å²) in [5, 5.41) is 3.32. The van der Waals surface area contributed by atoms with Gasteiger partial charge in [0.25, 0.3) is 0 Å².